The Hall–Kier alpha value is -2.40. The molecule has 0 radical (unpaired) electrons. The van der Waals surface area contributed by atoms with E-state index in [0.717, 1.165) is 4.90 Å². The Morgan fingerprint density at radius 1 is 0.938 bits per heavy atom. The molecule has 32 heavy (non-hydrogen) atoms. The van der Waals surface area contributed by atoms with Gasteiger partial charge < -0.3 is 24.4 Å². The molecule has 11 nitrogen and oxygen atoms in total. The average molecular weight is 460 g/mol. The van der Waals surface area contributed by atoms with Crippen molar-refractivity contribution < 1.29 is 48.1 Å². The molecule has 0 unspecified atom stereocenters. The van der Waals surface area contributed by atoms with Crippen molar-refractivity contribution >= 4 is 24.2 Å². The molecule has 2 aliphatic heterocycles. The van der Waals surface area contributed by atoms with Crippen LogP contribution in [0.15, 0.2) is 0 Å². The fourth-order valence-electron chi connectivity index (χ4n) is 3.96. The topological polar surface area (TPSA) is 140 Å². The highest BCUT2D eigenvalue weighted by atomic mass is 16.6. The zero-order chi connectivity index (χ0) is 24.6. The van der Waals surface area contributed by atoms with Crippen LogP contribution in [-0.2, 0) is 19.0 Å². The van der Waals surface area contributed by atoms with Crippen molar-refractivity contribution in [3.63, 3.8) is 0 Å². The van der Waals surface area contributed by atoms with E-state index in [9.17, 15) is 29.4 Å². The molecule has 5 atom stereocenters. The number of carbonyl (C=O) groups is 4. The monoisotopic (exact) mass is 459 g/mol. The molecule has 2 rings (SSSR count). The predicted octanol–water partition coefficient (Wildman–Crippen LogP) is 2.49. The molecule has 2 N–H and O–H groups in total. The number of hydrogen-bond donors (Lipinski definition) is 2. The number of quaternary nitrogens is 1. The molecule has 3 amide bonds. The summed E-state index contributed by atoms with van der Waals surface area (Å²) in [6.07, 6.45) is -4.43. The number of aliphatic hydroxyl groups excluding tert-OH is 1. The second-order valence-corrected chi connectivity index (χ2v) is 10.5. The summed E-state index contributed by atoms with van der Waals surface area (Å²) < 4.78 is 15.4. The summed E-state index contributed by atoms with van der Waals surface area (Å²) in [5.41, 5.74) is -1.70. The SMILES string of the molecule is C[C@@H]1C[C@H](O)C[N@+]1(C(=O)O[C@@H]1C[C@@H](C(=O)O)N(C(=O)OC(C)(C)C)C1)C(=O)OC(C)(C)C. The van der Waals surface area contributed by atoms with Crippen molar-refractivity contribution in [2.75, 3.05) is 13.1 Å². The van der Waals surface area contributed by atoms with E-state index in [-0.39, 0.29) is 25.9 Å². The summed E-state index contributed by atoms with van der Waals surface area (Å²) in [5.74, 6) is -1.25. The molecular weight excluding hydrogens is 424 g/mol. The van der Waals surface area contributed by atoms with E-state index in [0.29, 0.717) is 0 Å². The van der Waals surface area contributed by atoms with E-state index in [1.54, 1.807) is 48.5 Å². The predicted molar refractivity (Wildman–Crippen MR) is 111 cm³/mol. The Bertz CT molecular complexity index is 770. The van der Waals surface area contributed by atoms with Crippen molar-refractivity contribution in [2.24, 2.45) is 0 Å². The lowest BCUT2D eigenvalue weighted by molar-refractivity contribution is -0.799. The van der Waals surface area contributed by atoms with Crippen LogP contribution in [0.3, 0.4) is 0 Å². The van der Waals surface area contributed by atoms with E-state index in [2.05, 4.69) is 0 Å². The first-order valence-corrected chi connectivity index (χ1v) is 10.7. The first-order chi connectivity index (χ1) is 14.5. The summed E-state index contributed by atoms with van der Waals surface area (Å²) >= 11 is 0. The van der Waals surface area contributed by atoms with Crippen LogP contribution in [0.2, 0.25) is 0 Å². The van der Waals surface area contributed by atoms with Gasteiger partial charge in [-0.3, -0.25) is 4.90 Å². The number of carboxylic acid groups (broad SMARTS) is 1. The molecule has 0 aromatic carbocycles. The number of aliphatic hydroxyl groups is 1. The van der Waals surface area contributed by atoms with Crippen molar-refractivity contribution in [3.05, 3.63) is 0 Å². The van der Waals surface area contributed by atoms with Gasteiger partial charge in [-0.15, -0.1) is 4.48 Å². The van der Waals surface area contributed by atoms with Gasteiger partial charge in [-0.2, -0.15) is 9.59 Å². The van der Waals surface area contributed by atoms with E-state index in [1.807, 2.05) is 0 Å². The summed E-state index contributed by atoms with van der Waals surface area (Å²) in [6, 6.07) is -1.84. The number of nitrogens with zero attached hydrogens (tertiary/aromatic N) is 2. The van der Waals surface area contributed by atoms with E-state index < -0.39 is 64.2 Å². The maximum absolute atomic E-state index is 13.2. The maximum Gasteiger partial charge on any atom is 0.527 e. The maximum atomic E-state index is 13.2. The molecule has 0 aromatic rings. The molecule has 0 aliphatic carbocycles. The molecule has 0 bridgehead atoms. The number of aliphatic carboxylic acids is 1. The Kier molecular flexibility index (Phi) is 7.16. The van der Waals surface area contributed by atoms with Crippen molar-refractivity contribution in [2.45, 2.75) is 96.8 Å². The van der Waals surface area contributed by atoms with Crippen LogP contribution in [0.25, 0.3) is 0 Å². The van der Waals surface area contributed by atoms with Crippen molar-refractivity contribution in [1.29, 1.82) is 0 Å². The minimum atomic E-state index is -1.25. The van der Waals surface area contributed by atoms with Gasteiger partial charge in [0.05, 0.1) is 6.54 Å². The van der Waals surface area contributed by atoms with Crippen LogP contribution in [-0.4, -0.2) is 92.4 Å². The third-order valence-corrected chi connectivity index (χ3v) is 5.35. The number of hydrogen-bond acceptors (Lipinski definition) is 8. The Labute approximate surface area is 187 Å². The molecule has 2 aliphatic rings. The number of amides is 3. The van der Waals surface area contributed by atoms with Gasteiger partial charge in [0.25, 0.3) is 0 Å². The molecule has 2 fully saturated rings. The number of imide groups is 1. The lowest BCUT2D eigenvalue weighted by atomic mass is 10.2. The van der Waals surface area contributed by atoms with E-state index >= 15 is 0 Å². The van der Waals surface area contributed by atoms with Gasteiger partial charge in [0, 0.05) is 12.8 Å². The molecule has 0 aromatic heterocycles. The second kappa shape index (κ2) is 8.86. The zero-order valence-electron chi connectivity index (χ0n) is 19.8. The minimum absolute atomic E-state index is 0.147. The van der Waals surface area contributed by atoms with Gasteiger partial charge in [0.2, 0.25) is 0 Å². The smallest absolute Gasteiger partial charge is 0.480 e. The lowest BCUT2D eigenvalue weighted by Gasteiger charge is -2.33. The number of rotatable bonds is 2. The van der Waals surface area contributed by atoms with Crippen LogP contribution in [0.4, 0.5) is 14.4 Å². The van der Waals surface area contributed by atoms with Crippen LogP contribution in [0.1, 0.15) is 61.3 Å². The standard InChI is InChI=1S/C21H34N2O9/c1-12-8-13(24)11-23(12,19(29)32-21(5,6)7)18(28)30-14-9-15(16(25)26)22(10-14)17(27)31-20(2,3)4/h12-15,24H,8-11H2,1-7H3/p+1/t12-,13+,14-,15+,23+/m1/s1. The summed E-state index contributed by atoms with van der Waals surface area (Å²) in [4.78, 5) is 51.4. The summed E-state index contributed by atoms with van der Waals surface area (Å²) in [6.45, 7) is 11.2. The van der Waals surface area contributed by atoms with Crippen LogP contribution in [0, 0.1) is 0 Å². The zero-order valence-corrected chi connectivity index (χ0v) is 19.8. The highest BCUT2D eigenvalue weighted by Crippen LogP contribution is 2.33. The fourth-order valence-corrected chi connectivity index (χ4v) is 3.96. The van der Waals surface area contributed by atoms with Gasteiger partial charge >= 0.3 is 24.2 Å². The normalized spacial score (nSPS) is 30.7. The quantitative estimate of drug-likeness (QED) is 0.471. The largest absolute Gasteiger partial charge is 0.527 e. The molecular formula is C21H35N2O9+. The van der Waals surface area contributed by atoms with Gasteiger partial charge in [0.15, 0.2) is 0 Å². The minimum Gasteiger partial charge on any atom is -0.480 e. The van der Waals surface area contributed by atoms with Crippen molar-refractivity contribution in [1.82, 2.24) is 4.90 Å². The van der Waals surface area contributed by atoms with Crippen molar-refractivity contribution in [3.8, 4) is 0 Å². The molecule has 0 spiro atoms. The summed E-state index contributed by atoms with van der Waals surface area (Å²) in [7, 11) is 0. The Morgan fingerprint density at radius 3 is 1.94 bits per heavy atom. The highest BCUT2D eigenvalue weighted by Gasteiger charge is 2.60. The van der Waals surface area contributed by atoms with Gasteiger partial charge in [-0.1, -0.05) is 0 Å². The van der Waals surface area contributed by atoms with Crippen LogP contribution >= 0.6 is 0 Å². The summed E-state index contributed by atoms with van der Waals surface area (Å²) in [5, 5.41) is 19.7. The van der Waals surface area contributed by atoms with Crippen LogP contribution < -0.4 is 0 Å². The van der Waals surface area contributed by atoms with Gasteiger partial charge in [-0.25, -0.2) is 9.59 Å². The van der Waals surface area contributed by atoms with Gasteiger partial charge in [0.1, 0.15) is 42.0 Å². The Morgan fingerprint density at radius 2 is 1.50 bits per heavy atom. The average Bonchev–Trinajstić information content (AvgIpc) is 3.13. The van der Waals surface area contributed by atoms with Crippen LogP contribution in [0.5, 0.6) is 0 Å². The third kappa shape index (κ3) is 5.69. The number of likely N-dealkylation sites (tertiary alicyclic amines) is 2. The number of carbonyl (C=O) groups excluding carboxylic acids is 3. The highest BCUT2D eigenvalue weighted by molar-refractivity contribution is 5.81. The number of ether oxygens (including phenoxy) is 3. The van der Waals surface area contributed by atoms with Gasteiger partial charge in [-0.05, 0) is 48.5 Å². The molecule has 2 saturated heterocycles. The molecule has 182 valence electrons. The number of carboxylic acids is 1. The molecule has 11 heteroatoms. The van der Waals surface area contributed by atoms with E-state index in [1.165, 1.54) is 0 Å². The first kappa shape index (κ1) is 25.9. The second-order valence-electron chi connectivity index (χ2n) is 10.5. The lowest BCUT2D eigenvalue weighted by Crippen LogP contribution is -2.61. The third-order valence-electron chi connectivity index (χ3n) is 5.35. The van der Waals surface area contributed by atoms with E-state index in [4.69, 9.17) is 14.2 Å². The Balaban J connectivity index is 2.23. The molecule has 2 heterocycles. The fraction of sp³-hybridized carbons (Fsp3) is 0.810. The molecule has 0 saturated carbocycles. The first-order valence-electron chi connectivity index (χ1n) is 10.7.